The van der Waals surface area contributed by atoms with Gasteiger partial charge in [0.15, 0.2) is 0 Å². The fourth-order valence-corrected chi connectivity index (χ4v) is 1.23. The number of rotatable bonds is 4. The monoisotopic (exact) mass is 153 g/mol. The zero-order valence-corrected chi connectivity index (χ0v) is 7.02. The summed E-state index contributed by atoms with van der Waals surface area (Å²) in [5.41, 5.74) is -0.0665. The molecule has 62 valence electrons. The van der Waals surface area contributed by atoms with Gasteiger partial charge in [-0.05, 0) is 6.42 Å². The lowest BCUT2D eigenvalue weighted by molar-refractivity contribution is -0.130. The summed E-state index contributed by atoms with van der Waals surface area (Å²) in [7, 11) is 0. The van der Waals surface area contributed by atoms with Crippen molar-refractivity contribution in [3.05, 3.63) is 12.7 Å². The second-order valence-corrected chi connectivity index (χ2v) is 3.41. The van der Waals surface area contributed by atoms with Crippen molar-refractivity contribution in [3.8, 4) is 0 Å². The Labute approximate surface area is 67.7 Å². The minimum absolute atomic E-state index is 0.0665. The summed E-state index contributed by atoms with van der Waals surface area (Å²) in [5, 5.41) is 3.11. The van der Waals surface area contributed by atoms with Gasteiger partial charge in [-0.25, -0.2) is 0 Å². The van der Waals surface area contributed by atoms with Crippen molar-refractivity contribution in [3.63, 3.8) is 0 Å². The molecule has 1 fully saturated rings. The minimum Gasteiger partial charge on any atom is -0.315 e. The topological polar surface area (TPSA) is 29.1 Å². The fraction of sp³-hybridized carbons (Fsp3) is 0.667. The molecule has 0 bridgehead atoms. The molecule has 1 aliphatic rings. The van der Waals surface area contributed by atoms with Crippen LogP contribution in [0.3, 0.4) is 0 Å². The molecule has 1 N–H and O–H groups in total. The molecule has 0 aromatic rings. The summed E-state index contributed by atoms with van der Waals surface area (Å²) in [6, 6.07) is 0. The molecular formula is C9H15NO. The van der Waals surface area contributed by atoms with Crippen LogP contribution in [0, 0.1) is 5.41 Å². The van der Waals surface area contributed by atoms with Crippen molar-refractivity contribution in [1.29, 1.82) is 0 Å². The van der Waals surface area contributed by atoms with Gasteiger partial charge in [0.05, 0.1) is 5.41 Å². The van der Waals surface area contributed by atoms with Crippen molar-refractivity contribution in [2.45, 2.75) is 19.8 Å². The van der Waals surface area contributed by atoms with Crippen molar-refractivity contribution in [1.82, 2.24) is 5.32 Å². The highest BCUT2D eigenvalue weighted by molar-refractivity contribution is 5.86. The van der Waals surface area contributed by atoms with Crippen molar-refractivity contribution in [2.75, 3.05) is 13.1 Å². The van der Waals surface area contributed by atoms with E-state index in [0.29, 0.717) is 12.2 Å². The van der Waals surface area contributed by atoms with Crippen LogP contribution in [0.15, 0.2) is 12.7 Å². The van der Waals surface area contributed by atoms with Crippen LogP contribution in [0.5, 0.6) is 0 Å². The first-order valence-corrected chi connectivity index (χ1v) is 4.04. The Bertz CT molecular complexity index is 170. The molecule has 2 heteroatoms. The Hall–Kier alpha value is -0.630. The molecule has 1 heterocycles. The van der Waals surface area contributed by atoms with Crippen LogP contribution in [-0.4, -0.2) is 18.9 Å². The molecule has 0 aromatic carbocycles. The van der Waals surface area contributed by atoms with Gasteiger partial charge in [0.1, 0.15) is 5.78 Å². The van der Waals surface area contributed by atoms with E-state index < -0.39 is 0 Å². The van der Waals surface area contributed by atoms with Crippen LogP contribution < -0.4 is 5.32 Å². The Morgan fingerprint density at radius 2 is 2.36 bits per heavy atom. The average Bonchev–Trinajstić information content (AvgIpc) is 1.95. The van der Waals surface area contributed by atoms with E-state index in [-0.39, 0.29) is 5.41 Å². The fourth-order valence-electron chi connectivity index (χ4n) is 1.23. The van der Waals surface area contributed by atoms with E-state index >= 15 is 0 Å². The van der Waals surface area contributed by atoms with E-state index in [0.717, 1.165) is 19.5 Å². The van der Waals surface area contributed by atoms with Crippen molar-refractivity contribution in [2.24, 2.45) is 5.41 Å². The molecule has 1 rings (SSSR count). The molecule has 11 heavy (non-hydrogen) atoms. The van der Waals surface area contributed by atoms with Crippen LogP contribution in [0.2, 0.25) is 0 Å². The molecule has 1 saturated heterocycles. The summed E-state index contributed by atoms with van der Waals surface area (Å²) >= 11 is 0. The van der Waals surface area contributed by atoms with E-state index in [1.165, 1.54) is 0 Å². The summed E-state index contributed by atoms with van der Waals surface area (Å²) < 4.78 is 0. The van der Waals surface area contributed by atoms with Gasteiger partial charge in [-0.1, -0.05) is 13.0 Å². The van der Waals surface area contributed by atoms with Gasteiger partial charge < -0.3 is 5.32 Å². The van der Waals surface area contributed by atoms with Crippen LogP contribution in [0.4, 0.5) is 0 Å². The first-order chi connectivity index (χ1) is 5.19. The number of nitrogens with one attached hydrogen (secondary N) is 1. The van der Waals surface area contributed by atoms with Crippen molar-refractivity contribution >= 4 is 5.78 Å². The number of allylic oxidation sites excluding steroid dienone is 1. The molecule has 0 spiro atoms. The van der Waals surface area contributed by atoms with Crippen LogP contribution in [-0.2, 0) is 4.79 Å². The molecular weight excluding hydrogens is 138 g/mol. The predicted molar refractivity (Wildman–Crippen MR) is 45.4 cm³/mol. The molecule has 1 aliphatic heterocycles. The second-order valence-electron chi connectivity index (χ2n) is 3.41. The Balaban J connectivity index is 2.34. The molecule has 0 atom stereocenters. The van der Waals surface area contributed by atoms with E-state index in [4.69, 9.17) is 0 Å². The second kappa shape index (κ2) is 3.18. The minimum atomic E-state index is -0.0665. The molecule has 0 unspecified atom stereocenters. The van der Waals surface area contributed by atoms with Crippen molar-refractivity contribution < 1.29 is 4.79 Å². The normalized spacial score (nSPS) is 20.5. The standard InChI is InChI=1S/C9H15NO/c1-3-4-5-8(11)9(2)6-10-7-9/h3,10H,1,4-7H2,2H3. The lowest BCUT2D eigenvalue weighted by atomic mass is 9.78. The van der Waals surface area contributed by atoms with Gasteiger partial charge in [0.2, 0.25) is 0 Å². The molecule has 2 nitrogen and oxygen atoms in total. The Morgan fingerprint density at radius 3 is 2.73 bits per heavy atom. The number of hydrogen-bond acceptors (Lipinski definition) is 2. The molecule has 0 aromatic heterocycles. The maximum atomic E-state index is 11.4. The molecule has 0 radical (unpaired) electrons. The Morgan fingerprint density at radius 1 is 1.73 bits per heavy atom. The third-order valence-corrected chi connectivity index (χ3v) is 2.28. The number of hydrogen-bond donors (Lipinski definition) is 1. The van der Waals surface area contributed by atoms with Gasteiger partial charge in [-0.15, -0.1) is 6.58 Å². The van der Waals surface area contributed by atoms with E-state index in [2.05, 4.69) is 11.9 Å². The molecule has 0 saturated carbocycles. The maximum absolute atomic E-state index is 11.4. The lowest BCUT2D eigenvalue weighted by Crippen LogP contribution is -2.56. The largest absolute Gasteiger partial charge is 0.315 e. The average molecular weight is 153 g/mol. The van der Waals surface area contributed by atoms with Gasteiger partial charge in [0.25, 0.3) is 0 Å². The number of Topliss-reactive ketones (excluding diaryl/α,β-unsaturated/α-hetero) is 1. The lowest BCUT2D eigenvalue weighted by Gasteiger charge is -2.37. The zero-order valence-electron chi connectivity index (χ0n) is 7.02. The maximum Gasteiger partial charge on any atom is 0.141 e. The molecule has 0 amide bonds. The third-order valence-electron chi connectivity index (χ3n) is 2.28. The highest BCUT2D eigenvalue weighted by Crippen LogP contribution is 2.24. The summed E-state index contributed by atoms with van der Waals surface area (Å²) in [6.45, 7) is 7.31. The highest BCUT2D eigenvalue weighted by Gasteiger charge is 2.37. The number of carbonyl (C=O) groups is 1. The van der Waals surface area contributed by atoms with Crippen LogP contribution in [0.25, 0.3) is 0 Å². The van der Waals surface area contributed by atoms with Gasteiger partial charge in [-0.3, -0.25) is 4.79 Å². The zero-order chi connectivity index (χ0) is 8.32. The van der Waals surface area contributed by atoms with E-state index in [1.807, 2.05) is 6.92 Å². The molecule has 0 aliphatic carbocycles. The summed E-state index contributed by atoms with van der Waals surface area (Å²) in [4.78, 5) is 11.4. The SMILES string of the molecule is C=CCCC(=O)C1(C)CNC1. The van der Waals surface area contributed by atoms with E-state index in [1.54, 1.807) is 6.08 Å². The number of ketones is 1. The van der Waals surface area contributed by atoms with Crippen LogP contribution in [0.1, 0.15) is 19.8 Å². The van der Waals surface area contributed by atoms with E-state index in [9.17, 15) is 4.79 Å². The number of carbonyl (C=O) groups excluding carboxylic acids is 1. The Kier molecular flexibility index (Phi) is 2.45. The smallest absolute Gasteiger partial charge is 0.141 e. The van der Waals surface area contributed by atoms with Gasteiger partial charge in [-0.2, -0.15) is 0 Å². The van der Waals surface area contributed by atoms with Gasteiger partial charge in [0, 0.05) is 19.5 Å². The predicted octanol–water partition coefficient (Wildman–Crippen LogP) is 1.13. The quantitative estimate of drug-likeness (QED) is 0.613. The van der Waals surface area contributed by atoms with Gasteiger partial charge >= 0.3 is 0 Å². The van der Waals surface area contributed by atoms with Crippen LogP contribution >= 0.6 is 0 Å². The summed E-state index contributed by atoms with van der Waals surface area (Å²) in [6.07, 6.45) is 3.27. The summed E-state index contributed by atoms with van der Waals surface area (Å²) in [5.74, 6) is 0.371. The first-order valence-electron chi connectivity index (χ1n) is 4.04. The first kappa shape index (κ1) is 8.47. The third kappa shape index (κ3) is 1.69. The highest BCUT2D eigenvalue weighted by atomic mass is 16.1.